The molecule has 5 rings (SSSR count). The van der Waals surface area contributed by atoms with Crippen molar-refractivity contribution in [3.8, 4) is 28.7 Å². The van der Waals surface area contributed by atoms with Gasteiger partial charge in [0, 0.05) is 24.7 Å². The molecule has 7 nitrogen and oxygen atoms in total. The van der Waals surface area contributed by atoms with Crippen molar-refractivity contribution in [2.45, 2.75) is 20.0 Å². The fraction of sp³-hybridized carbons (Fsp3) is 0.222. The molecule has 2 heterocycles. The second kappa shape index (κ2) is 9.11. The number of para-hydroxylation sites is 1. The van der Waals surface area contributed by atoms with E-state index < -0.39 is 0 Å². The van der Waals surface area contributed by atoms with E-state index in [4.69, 9.17) is 23.4 Å². The maximum atomic E-state index is 13.4. The first-order chi connectivity index (χ1) is 16.6. The summed E-state index contributed by atoms with van der Waals surface area (Å²) in [6.45, 7) is 3.37. The Bertz CT molecular complexity index is 1410. The van der Waals surface area contributed by atoms with Crippen LogP contribution < -0.4 is 24.4 Å². The molecule has 1 aromatic heterocycles. The van der Waals surface area contributed by atoms with Gasteiger partial charge in [-0.25, -0.2) is 0 Å². The van der Waals surface area contributed by atoms with Crippen molar-refractivity contribution in [2.75, 3.05) is 21.0 Å². The molecular weight excluding hydrogens is 434 g/mol. The van der Waals surface area contributed by atoms with Gasteiger partial charge in [0.2, 0.25) is 11.2 Å². The number of ether oxygens (including phenoxy) is 4. The molecule has 0 N–H and O–H groups in total. The van der Waals surface area contributed by atoms with E-state index in [1.807, 2.05) is 36.4 Å². The number of benzene rings is 3. The highest BCUT2D eigenvalue weighted by molar-refractivity contribution is 5.83. The molecule has 0 saturated carbocycles. The zero-order valence-electron chi connectivity index (χ0n) is 19.3. The van der Waals surface area contributed by atoms with E-state index in [-0.39, 0.29) is 11.2 Å². The van der Waals surface area contributed by atoms with Crippen LogP contribution in [-0.2, 0) is 13.1 Å². The Kier molecular flexibility index (Phi) is 5.86. The second-order valence-corrected chi connectivity index (χ2v) is 8.09. The number of rotatable bonds is 6. The highest BCUT2D eigenvalue weighted by Gasteiger charge is 2.25. The van der Waals surface area contributed by atoms with Gasteiger partial charge in [-0.2, -0.15) is 0 Å². The average molecular weight is 459 g/mol. The van der Waals surface area contributed by atoms with Crippen molar-refractivity contribution >= 4 is 11.0 Å². The van der Waals surface area contributed by atoms with E-state index in [2.05, 4.69) is 4.90 Å². The fourth-order valence-corrected chi connectivity index (χ4v) is 4.18. The van der Waals surface area contributed by atoms with Crippen molar-refractivity contribution < 1.29 is 23.4 Å². The summed E-state index contributed by atoms with van der Waals surface area (Å²) in [5.74, 6) is 3.24. The summed E-state index contributed by atoms with van der Waals surface area (Å²) in [6.07, 6.45) is 0. The first-order valence-electron chi connectivity index (χ1n) is 11.0. The first kappa shape index (κ1) is 21.9. The number of fused-ring (bicyclic) bond motifs is 3. The van der Waals surface area contributed by atoms with E-state index in [0.717, 1.165) is 16.9 Å². The van der Waals surface area contributed by atoms with E-state index in [1.54, 1.807) is 45.4 Å². The van der Waals surface area contributed by atoms with Crippen LogP contribution in [-0.4, -0.2) is 25.9 Å². The highest BCUT2D eigenvalue weighted by Crippen LogP contribution is 2.35. The van der Waals surface area contributed by atoms with Crippen molar-refractivity contribution in [1.82, 2.24) is 4.90 Å². The van der Waals surface area contributed by atoms with Gasteiger partial charge < -0.3 is 23.4 Å². The molecule has 0 atom stereocenters. The molecule has 0 radical (unpaired) electrons. The van der Waals surface area contributed by atoms with Crippen molar-refractivity contribution in [1.29, 1.82) is 0 Å². The molecule has 3 aromatic carbocycles. The van der Waals surface area contributed by atoms with E-state index >= 15 is 0 Å². The van der Waals surface area contributed by atoms with E-state index in [1.165, 1.54) is 0 Å². The van der Waals surface area contributed by atoms with Gasteiger partial charge in [0.05, 0.1) is 25.2 Å². The molecule has 0 bridgehead atoms. The molecular formula is C27H25NO6. The Morgan fingerprint density at radius 1 is 0.971 bits per heavy atom. The predicted molar refractivity (Wildman–Crippen MR) is 128 cm³/mol. The number of methoxy groups -OCH3 is 2. The van der Waals surface area contributed by atoms with Crippen LogP contribution in [0.2, 0.25) is 0 Å². The summed E-state index contributed by atoms with van der Waals surface area (Å²) in [5.41, 5.74) is 2.18. The van der Waals surface area contributed by atoms with Crippen LogP contribution in [0.1, 0.15) is 16.9 Å². The molecule has 0 aliphatic carbocycles. The lowest BCUT2D eigenvalue weighted by Gasteiger charge is -2.29. The van der Waals surface area contributed by atoms with Crippen LogP contribution in [0.4, 0.5) is 0 Å². The highest BCUT2D eigenvalue weighted by atomic mass is 16.5. The monoisotopic (exact) mass is 459 g/mol. The third-order valence-corrected chi connectivity index (χ3v) is 5.88. The topological polar surface area (TPSA) is 70.4 Å². The van der Waals surface area contributed by atoms with Crippen LogP contribution in [0, 0.1) is 6.92 Å². The Morgan fingerprint density at radius 3 is 2.62 bits per heavy atom. The van der Waals surface area contributed by atoms with Gasteiger partial charge in [-0.05, 0) is 37.3 Å². The van der Waals surface area contributed by atoms with Crippen LogP contribution in [0.3, 0.4) is 0 Å². The van der Waals surface area contributed by atoms with Crippen LogP contribution in [0.5, 0.6) is 28.7 Å². The average Bonchev–Trinajstić information content (AvgIpc) is 2.87. The summed E-state index contributed by atoms with van der Waals surface area (Å²) in [5, 5.41) is 0.449. The predicted octanol–water partition coefficient (Wildman–Crippen LogP) is 5.26. The molecule has 0 spiro atoms. The fourth-order valence-electron chi connectivity index (χ4n) is 4.18. The van der Waals surface area contributed by atoms with Gasteiger partial charge in [0.15, 0.2) is 0 Å². The molecule has 174 valence electrons. The molecule has 1 aliphatic heterocycles. The third kappa shape index (κ3) is 4.06. The minimum atomic E-state index is -0.230. The van der Waals surface area contributed by atoms with Gasteiger partial charge in [-0.15, -0.1) is 0 Å². The Balaban J connectivity index is 1.49. The van der Waals surface area contributed by atoms with Gasteiger partial charge in [-0.3, -0.25) is 9.69 Å². The SMILES string of the molecule is COc1cccc(Oc2c(C)oc3c4c(ccc3c2=O)OCN(Cc2ccccc2OC)C4)c1. The van der Waals surface area contributed by atoms with Gasteiger partial charge in [-0.1, -0.05) is 24.3 Å². The Labute approximate surface area is 197 Å². The lowest BCUT2D eigenvalue weighted by Crippen LogP contribution is -2.32. The second-order valence-electron chi connectivity index (χ2n) is 8.09. The minimum Gasteiger partial charge on any atom is -0.497 e. The molecule has 34 heavy (non-hydrogen) atoms. The lowest BCUT2D eigenvalue weighted by molar-refractivity contribution is 0.0882. The molecule has 0 amide bonds. The van der Waals surface area contributed by atoms with Crippen molar-refractivity contribution in [3.05, 3.63) is 87.8 Å². The summed E-state index contributed by atoms with van der Waals surface area (Å²) >= 11 is 0. The summed E-state index contributed by atoms with van der Waals surface area (Å²) in [7, 11) is 3.24. The van der Waals surface area contributed by atoms with Crippen LogP contribution >= 0.6 is 0 Å². The first-order valence-corrected chi connectivity index (χ1v) is 11.0. The van der Waals surface area contributed by atoms with Crippen LogP contribution in [0.15, 0.2) is 69.9 Å². The third-order valence-electron chi connectivity index (χ3n) is 5.88. The molecule has 0 unspecified atom stereocenters. The zero-order valence-corrected chi connectivity index (χ0v) is 19.3. The summed E-state index contributed by atoms with van der Waals surface area (Å²) in [4.78, 5) is 15.5. The van der Waals surface area contributed by atoms with Gasteiger partial charge in [0.1, 0.15) is 41.1 Å². The molecule has 0 saturated heterocycles. The quantitative estimate of drug-likeness (QED) is 0.389. The standard InChI is InChI=1S/C27H25NO6/c1-17-26(34-20-9-6-8-19(13-20)30-2)25(29)21-11-12-24-22(27(21)33-17)15-28(16-32-24)14-18-7-4-5-10-23(18)31-3/h4-13H,14-16H2,1-3H3. The lowest BCUT2D eigenvalue weighted by atomic mass is 10.1. The number of aryl methyl sites for hydroxylation is 1. The summed E-state index contributed by atoms with van der Waals surface area (Å²) < 4.78 is 28.8. The molecule has 1 aliphatic rings. The van der Waals surface area contributed by atoms with E-state index in [9.17, 15) is 4.79 Å². The number of nitrogens with zero attached hydrogens (tertiary/aromatic N) is 1. The van der Waals surface area contributed by atoms with Gasteiger partial charge in [0.25, 0.3) is 0 Å². The molecule has 7 heteroatoms. The van der Waals surface area contributed by atoms with Gasteiger partial charge >= 0.3 is 0 Å². The normalized spacial score (nSPS) is 13.3. The molecule has 4 aromatic rings. The van der Waals surface area contributed by atoms with E-state index in [0.29, 0.717) is 53.8 Å². The Morgan fingerprint density at radius 2 is 1.79 bits per heavy atom. The summed E-state index contributed by atoms with van der Waals surface area (Å²) in [6, 6.07) is 18.6. The largest absolute Gasteiger partial charge is 0.497 e. The zero-order chi connectivity index (χ0) is 23.7. The molecule has 0 fully saturated rings. The maximum Gasteiger partial charge on any atom is 0.235 e. The maximum absolute atomic E-state index is 13.4. The van der Waals surface area contributed by atoms with Crippen LogP contribution in [0.25, 0.3) is 11.0 Å². The number of hydrogen-bond donors (Lipinski definition) is 0. The smallest absolute Gasteiger partial charge is 0.235 e. The minimum absolute atomic E-state index is 0.156. The van der Waals surface area contributed by atoms with Crippen molar-refractivity contribution in [3.63, 3.8) is 0 Å². The van der Waals surface area contributed by atoms with Crippen molar-refractivity contribution in [2.24, 2.45) is 0 Å². The Hall–Kier alpha value is -3.97. The number of hydrogen-bond acceptors (Lipinski definition) is 7.